The van der Waals surface area contributed by atoms with Crippen LogP contribution in [-0.4, -0.2) is 40.5 Å². The lowest BCUT2D eigenvalue weighted by atomic mass is 10.1. The predicted molar refractivity (Wildman–Crippen MR) is 72.7 cm³/mol. The molecule has 2 heterocycles. The van der Waals surface area contributed by atoms with E-state index < -0.39 is 0 Å². The minimum atomic E-state index is 0.270. The van der Waals surface area contributed by atoms with Crippen molar-refractivity contribution >= 4 is 27.5 Å². The molecule has 1 aromatic rings. The lowest BCUT2D eigenvalue weighted by molar-refractivity contribution is -0.0499. The standard InChI is InChI=1S/C12H16BrClN2O/c1-9-8-17-11(4-13)7-16(9)6-10-2-3-15-5-12(10)14/h2-3,5,9,11H,4,6-8H2,1H3. The van der Waals surface area contributed by atoms with E-state index in [2.05, 4.69) is 32.7 Å². The van der Waals surface area contributed by atoms with Crippen LogP contribution >= 0.6 is 27.5 Å². The summed E-state index contributed by atoms with van der Waals surface area (Å²) in [4.78, 5) is 6.40. The third kappa shape index (κ3) is 3.41. The minimum absolute atomic E-state index is 0.270. The van der Waals surface area contributed by atoms with Crippen LogP contribution in [0.5, 0.6) is 0 Å². The summed E-state index contributed by atoms with van der Waals surface area (Å²) in [6.45, 7) is 4.75. The summed E-state index contributed by atoms with van der Waals surface area (Å²) in [7, 11) is 0. The van der Waals surface area contributed by atoms with Crippen LogP contribution in [0.15, 0.2) is 18.5 Å². The van der Waals surface area contributed by atoms with Crippen molar-refractivity contribution in [2.45, 2.75) is 25.6 Å². The topological polar surface area (TPSA) is 25.4 Å². The molecule has 3 nitrogen and oxygen atoms in total. The van der Waals surface area contributed by atoms with Gasteiger partial charge in [-0.2, -0.15) is 0 Å². The molecule has 0 spiro atoms. The summed E-state index contributed by atoms with van der Waals surface area (Å²) in [5, 5.41) is 1.61. The van der Waals surface area contributed by atoms with Crippen LogP contribution < -0.4 is 0 Å². The van der Waals surface area contributed by atoms with E-state index in [4.69, 9.17) is 16.3 Å². The van der Waals surface area contributed by atoms with Gasteiger partial charge in [-0.3, -0.25) is 9.88 Å². The smallest absolute Gasteiger partial charge is 0.0799 e. The van der Waals surface area contributed by atoms with Crippen molar-refractivity contribution in [3.8, 4) is 0 Å². The summed E-state index contributed by atoms with van der Waals surface area (Å²) in [6.07, 6.45) is 3.75. The summed E-state index contributed by atoms with van der Waals surface area (Å²) in [6, 6.07) is 2.41. The van der Waals surface area contributed by atoms with Gasteiger partial charge in [-0.25, -0.2) is 0 Å². The van der Waals surface area contributed by atoms with E-state index in [1.54, 1.807) is 12.4 Å². The van der Waals surface area contributed by atoms with Crippen LogP contribution in [0.3, 0.4) is 0 Å². The first-order chi connectivity index (χ1) is 8.20. The van der Waals surface area contributed by atoms with Gasteiger partial charge in [0.2, 0.25) is 0 Å². The van der Waals surface area contributed by atoms with Crippen molar-refractivity contribution in [2.24, 2.45) is 0 Å². The number of rotatable bonds is 3. The molecule has 0 aliphatic carbocycles. The molecule has 17 heavy (non-hydrogen) atoms. The van der Waals surface area contributed by atoms with Crippen LogP contribution in [0.25, 0.3) is 0 Å². The van der Waals surface area contributed by atoms with Gasteiger partial charge in [0.25, 0.3) is 0 Å². The Hall–Kier alpha value is -0.160. The highest BCUT2D eigenvalue weighted by Crippen LogP contribution is 2.20. The Labute approximate surface area is 115 Å². The number of aromatic nitrogens is 1. The summed E-state index contributed by atoms with van der Waals surface area (Å²) >= 11 is 9.60. The Kier molecular flexibility index (Phi) is 4.79. The number of morpholine rings is 1. The monoisotopic (exact) mass is 318 g/mol. The van der Waals surface area contributed by atoms with Crippen molar-refractivity contribution in [3.63, 3.8) is 0 Å². The number of hydrogen-bond acceptors (Lipinski definition) is 3. The second-order valence-electron chi connectivity index (χ2n) is 4.36. The molecule has 2 rings (SSSR count). The van der Waals surface area contributed by atoms with E-state index in [1.807, 2.05) is 6.07 Å². The van der Waals surface area contributed by atoms with Gasteiger partial charge < -0.3 is 4.74 Å². The number of pyridine rings is 1. The molecule has 1 aliphatic heterocycles. The van der Waals surface area contributed by atoms with Gasteiger partial charge in [0.1, 0.15) is 0 Å². The zero-order valence-corrected chi connectivity index (χ0v) is 12.1. The average Bonchev–Trinajstić information content (AvgIpc) is 2.35. The zero-order chi connectivity index (χ0) is 12.3. The molecule has 0 amide bonds. The molecule has 2 unspecified atom stereocenters. The maximum Gasteiger partial charge on any atom is 0.0799 e. The van der Waals surface area contributed by atoms with E-state index >= 15 is 0 Å². The molecule has 1 aliphatic rings. The highest BCUT2D eigenvalue weighted by atomic mass is 79.9. The highest BCUT2D eigenvalue weighted by molar-refractivity contribution is 9.09. The van der Waals surface area contributed by atoms with Gasteiger partial charge in [0, 0.05) is 36.9 Å². The Morgan fingerprint density at radius 2 is 2.47 bits per heavy atom. The largest absolute Gasteiger partial charge is 0.374 e. The maximum atomic E-state index is 6.13. The van der Waals surface area contributed by atoms with Gasteiger partial charge in [-0.1, -0.05) is 27.5 Å². The normalized spacial score (nSPS) is 26.1. The third-order valence-electron chi connectivity index (χ3n) is 3.04. The molecule has 1 aromatic heterocycles. The highest BCUT2D eigenvalue weighted by Gasteiger charge is 2.25. The van der Waals surface area contributed by atoms with E-state index in [-0.39, 0.29) is 6.10 Å². The average molecular weight is 320 g/mol. The molecule has 1 saturated heterocycles. The van der Waals surface area contributed by atoms with Gasteiger partial charge in [0.15, 0.2) is 0 Å². The SMILES string of the molecule is CC1COC(CBr)CN1Cc1ccncc1Cl. The number of alkyl halides is 1. The van der Waals surface area contributed by atoms with Crippen molar-refractivity contribution in [2.75, 3.05) is 18.5 Å². The van der Waals surface area contributed by atoms with Gasteiger partial charge in [-0.05, 0) is 18.6 Å². The molecule has 0 radical (unpaired) electrons. The number of halogens is 2. The summed E-state index contributed by atoms with van der Waals surface area (Å²) < 4.78 is 5.70. The van der Waals surface area contributed by atoms with Gasteiger partial charge >= 0.3 is 0 Å². The number of ether oxygens (including phenoxy) is 1. The number of hydrogen-bond donors (Lipinski definition) is 0. The lowest BCUT2D eigenvalue weighted by Crippen LogP contribution is -2.48. The van der Waals surface area contributed by atoms with E-state index in [0.717, 1.165) is 35.6 Å². The van der Waals surface area contributed by atoms with Crippen LogP contribution in [0.1, 0.15) is 12.5 Å². The molecule has 2 atom stereocenters. The van der Waals surface area contributed by atoms with Crippen LogP contribution in [0, 0.1) is 0 Å². The zero-order valence-electron chi connectivity index (χ0n) is 9.77. The Bertz CT molecular complexity index is 377. The maximum absolute atomic E-state index is 6.13. The van der Waals surface area contributed by atoms with Crippen LogP contribution in [0.2, 0.25) is 5.02 Å². The van der Waals surface area contributed by atoms with Crippen molar-refractivity contribution in [1.29, 1.82) is 0 Å². The number of nitrogens with zero attached hydrogens (tertiary/aromatic N) is 2. The van der Waals surface area contributed by atoms with Gasteiger partial charge in [0.05, 0.1) is 17.7 Å². The predicted octanol–water partition coefficient (Wildman–Crippen LogP) is 2.72. The van der Waals surface area contributed by atoms with E-state index in [9.17, 15) is 0 Å². The Morgan fingerprint density at radius 3 is 3.18 bits per heavy atom. The second kappa shape index (κ2) is 6.14. The fourth-order valence-corrected chi connectivity index (χ4v) is 2.51. The molecule has 1 fully saturated rings. The summed E-state index contributed by atoms with van der Waals surface area (Å²) in [5.41, 5.74) is 1.13. The van der Waals surface area contributed by atoms with E-state index in [1.165, 1.54) is 0 Å². The minimum Gasteiger partial charge on any atom is -0.374 e. The fourth-order valence-electron chi connectivity index (χ4n) is 1.94. The first-order valence-corrected chi connectivity index (χ1v) is 7.20. The van der Waals surface area contributed by atoms with E-state index in [0.29, 0.717) is 6.04 Å². The first-order valence-electron chi connectivity index (χ1n) is 5.70. The summed E-state index contributed by atoms with van der Waals surface area (Å²) in [5.74, 6) is 0. The molecular weight excluding hydrogens is 304 g/mol. The second-order valence-corrected chi connectivity index (χ2v) is 5.41. The molecule has 0 aromatic carbocycles. The molecule has 0 N–H and O–H groups in total. The molecule has 94 valence electrons. The Morgan fingerprint density at radius 1 is 1.65 bits per heavy atom. The molecular formula is C12H16BrClN2O. The van der Waals surface area contributed by atoms with Crippen LogP contribution in [0.4, 0.5) is 0 Å². The van der Waals surface area contributed by atoms with Crippen LogP contribution in [-0.2, 0) is 11.3 Å². The first kappa shape index (κ1) is 13.3. The van der Waals surface area contributed by atoms with Crippen molar-refractivity contribution < 1.29 is 4.74 Å². The third-order valence-corrected chi connectivity index (χ3v) is 4.10. The van der Waals surface area contributed by atoms with Gasteiger partial charge in [-0.15, -0.1) is 0 Å². The fraction of sp³-hybridized carbons (Fsp3) is 0.583. The molecule has 0 bridgehead atoms. The Balaban J connectivity index is 2.04. The lowest BCUT2D eigenvalue weighted by Gasteiger charge is -2.37. The van der Waals surface area contributed by atoms with Crippen molar-refractivity contribution in [3.05, 3.63) is 29.0 Å². The molecule has 0 saturated carbocycles. The molecule has 5 heteroatoms. The van der Waals surface area contributed by atoms with Crippen molar-refractivity contribution in [1.82, 2.24) is 9.88 Å². The quantitative estimate of drug-likeness (QED) is 0.801.